The predicted molar refractivity (Wildman–Crippen MR) is 269 cm³/mol. The lowest BCUT2D eigenvalue weighted by Gasteiger charge is -2.10. The highest BCUT2D eigenvalue weighted by Gasteiger charge is 2.32. The summed E-state index contributed by atoms with van der Waals surface area (Å²) in [6.45, 7) is 15.5. The number of primary amides is 1. The summed E-state index contributed by atoms with van der Waals surface area (Å²) in [6.07, 6.45) is 6.96. The van der Waals surface area contributed by atoms with Crippen LogP contribution in [0.1, 0.15) is 111 Å². The number of rotatable bonds is 17. The molecular formula is C52H64N6O8S2. The molecule has 5 amide bonds. The molecule has 0 spiro atoms. The van der Waals surface area contributed by atoms with Gasteiger partial charge in [0.05, 0.1) is 23.7 Å². The summed E-state index contributed by atoms with van der Waals surface area (Å²) < 4.78 is 11.6. The molecule has 5 aromatic rings. The van der Waals surface area contributed by atoms with E-state index in [0.29, 0.717) is 50.2 Å². The minimum absolute atomic E-state index is 0.175. The summed E-state index contributed by atoms with van der Waals surface area (Å²) in [6, 6.07) is 29.6. The van der Waals surface area contributed by atoms with E-state index in [1.54, 1.807) is 0 Å². The van der Waals surface area contributed by atoms with Crippen molar-refractivity contribution < 1.29 is 38.6 Å². The first-order valence-electron chi connectivity index (χ1n) is 22.7. The zero-order chi connectivity index (χ0) is 49.6. The molecule has 0 saturated carbocycles. The number of aliphatic hydroxyl groups is 1. The molecule has 0 bridgehead atoms. The molecule has 3 aromatic heterocycles. The standard InChI is InChI=1S/2C20H22N2O3S.C10H15NO.C2H5NO/c1-13(2)15-7-9-21-16(12-15)8-10-25-17-5-3-14(4-6-17)11-18-19(23)22-20(24)26-18;1-13(2)17-5-3-4-15(21-17)10-11-25-16-8-6-14(7-9-16)12-18-19(23)22-20(24)26-18;1-8(2)9-3-4-10(5-6-12)11-7-9;1-2(3)4/h3-7,9,12-13,18H,8,10-11H2,1-2H3,(H,22,23,24);3-9,13,18H,10-12H2,1-2H3,(H,22,23,24);3-4,7-8,12H,5-6H2,1-2H3;1H3,(H2,3,4). The molecule has 362 valence electrons. The number of nitrogens with two attached hydrogens (primary N) is 1. The van der Waals surface area contributed by atoms with E-state index in [-0.39, 0.29) is 45.3 Å². The summed E-state index contributed by atoms with van der Waals surface area (Å²) >= 11 is 2.10. The van der Waals surface area contributed by atoms with Gasteiger partial charge in [-0.15, -0.1) is 0 Å². The summed E-state index contributed by atoms with van der Waals surface area (Å²) in [5, 5.41) is 12.1. The van der Waals surface area contributed by atoms with Gasteiger partial charge < -0.3 is 20.3 Å². The molecule has 5 N–H and O–H groups in total. The second-order valence-corrected chi connectivity index (χ2v) is 19.3. The monoisotopic (exact) mass is 964 g/mol. The minimum atomic E-state index is -0.339. The summed E-state index contributed by atoms with van der Waals surface area (Å²) in [4.78, 5) is 68.1. The Hall–Kier alpha value is -6.10. The van der Waals surface area contributed by atoms with Gasteiger partial charge in [0.2, 0.25) is 17.7 Å². The molecule has 2 aliphatic rings. The highest BCUT2D eigenvalue weighted by atomic mass is 32.2. The second-order valence-electron chi connectivity index (χ2n) is 16.9. The zero-order valence-corrected chi connectivity index (χ0v) is 41.5. The molecule has 2 atom stereocenters. The Labute approximate surface area is 408 Å². The van der Waals surface area contributed by atoms with Gasteiger partial charge in [-0.3, -0.25) is 49.6 Å². The second kappa shape index (κ2) is 28.3. The first-order chi connectivity index (χ1) is 32.5. The summed E-state index contributed by atoms with van der Waals surface area (Å²) in [5.41, 5.74) is 13.1. The van der Waals surface area contributed by atoms with Gasteiger partial charge in [-0.05, 0) is 107 Å². The fraction of sp³-hybridized carbons (Fsp3) is 0.385. The minimum Gasteiger partial charge on any atom is -0.493 e. The normalized spacial score (nSPS) is 15.1. The maximum Gasteiger partial charge on any atom is 0.286 e. The lowest BCUT2D eigenvalue weighted by molar-refractivity contribution is -0.119. The lowest BCUT2D eigenvalue weighted by atomic mass is 10.0. The molecular weight excluding hydrogens is 901 g/mol. The van der Waals surface area contributed by atoms with Gasteiger partial charge in [0.15, 0.2) is 0 Å². The third kappa shape index (κ3) is 19.6. The molecule has 2 unspecified atom stereocenters. The number of carbonyl (C=O) groups excluding carboxylic acids is 5. The molecule has 0 aliphatic carbocycles. The van der Waals surface area contributed by atoms with Crippen molar-refractivity contribution in [3.63, 3.8) is 0 Å². The third-order valence-corrected chi connectivity index (χ3v) is 12.2. The first kappa shape index (κ1) is 54.5. The maximum atomic E-state index is 11.6. The molecule has 0 radical (unpaired) electrons. The zero-order valence-electron chi connectivity index (χ0n) is 39.9. The number of imide groups is 2. The molecule has 5 heterocycles. The number of ether oxygens (including phenoxy) is 2. The topological polar surface area (TPSA) is 213 Å². The average Bonchev–Trinajstić information content (AvgIpc) is 3.80. The van der Waals surface area contributed by atoms with Crippen molar-refractivity contribution >= 4 is 51.7 Å². The number of aromatic nitrogens is 3. The Balaban J connectivity index is 0.000000226. The van der Waals surface area contributed by atoms with E-state index in [9.17, 15) is 24.0 Å². The first-order valence-corrected chi connectivity index (χ1v) is 24.4. The Morgan fingerprint density at radius 1 is 0.647 bits per heavy atom. The number of hydrogen-bond acceptors (Lipinski definition) is 13. The van der Waals surface area contributed by atoms with Crippen LogP contribution in [-0.2, 0) is 46.5 Å². The Bertz CT molecular complexity index is 2260. The van der Waals surface area contributed by atoms with Gasteiger partial charge in [0.25, 0.3) is 10.5 Å². The van der Waals surface area contributed by atoms with Crippen molar-refractivity contribution in [3.05, 3.63) is 148 Å². The van der Waals surface area contributed by atoms with Crippen LogP contribution in [0.3, 0.4) is 0 Å². The van der Waals surface area contributed by atoms with Gasteiger partial charge in [0.1, 0.15) is 11.5 Å². The van der Waals surface area contributed by atoms with E-state index in [0.717, 1.165) is 81.8 Å². The van der Waals surface area contributed by atoms with Crippen LogP contribution in [0.5, 0.6) is 11.5 Å². The maximum absolute atomic E-state index is 11.6. The molecule has 7 rings (SSSR count). The molecule has 2 saturated heterocycles. The van der Waals surface area contributed by atoms with Gasteiger partial charge >= 0.3 is 0 Å². The Kier molecular flexibility index (Phi) is 22.7. The van der Waals surface area contributed by atoms with Crippen LogP contribution in [0.25, 0.3) is 0 Å². The molecule has 68 heavy (non-hydrogen) atoms. The largest absolute Gasteiger partial charge is 0.493 e. The van der Waals surface area contributed by atoms with Crippen LogP contribution >= 0.6 is 23.5 Å². The van der Waals surface area contributed by atoms with Crippen molar-refractivity contribution in [1.29, 1.82) is 0 Å². The highest BCUT2D eigenvalue weighted by Crippen LogP contribution is 2.26. The van der Waals surface area contributed by atoms with Crippen molar-refractivity contribution in [1.82, 2.24) is 25.6 Å². The van der Waals surface area contributed by atoms with Crippen LogP contribution in [0, 0.1) is 0 Å². The van der Waals surface area contributed by atoms with Gasteiger partial charge in [-0.25, -0.2) is 0 Å². The molecule has 14 nitrogen and oxygen atoms in total. The van der Waals surface area contributed by atoms with Crippen LogP contribution in [0.2, 0.25) is 0 Å². The van der Waals surface area contributed by atoms with E-state index >= 15 is 0 Å². The predicted octanol–water partition coefficient (Wildman–Crippen LogP) is 8.67. The van der Waals surface area contributed by atoms with Crippen LogP contribution in [0.4, 0.5) is 9.59 Å². The smallest absolute Gasteiger partial charge is 0.286 e. The molecule has 2 fully saturated rings. The fourth-order valence-electron chi connectivity index (χ4n) is 6.47. The van der Waals surface area contributed by atoms with Gasteiger partial charge in [-0.1, -0.05) is 101 Å². The van der Waals surface area contributed by atoms with Crippen molar-refractivity contribution in [2.75, 3.05) is 19.8 Å². The SMILES string of the molecule is CC(C)c1ccc(CCO)nc1.CC(C)c1cccc(CCOc2ccc(CC3SC(=O)NC3=O)cc2)n1.CC(C)c1ccnc(CCOc2ccc(CC3SC(=O)NC3=O)cc2)c1.CC(N)=O. The van der Waals surface area contributed by atoms with E-state index < -0.39 is 0 Å². The number of amides is 5. The fourth-order valence-corrected chi connectivity index (χ4v) is 8.18. The Morgan fingerprint density at radius 3 is 1.59 bits per heavy atom. The number of carbonyl (C=O) groups is 5. The molecule has 2 aliphatic heterocycles. The summed E-state index contributed by atoms with van der Waals surface area (Å²) in [7, 11) is 0. The highest BCUT2D eigenvalue weighted by molar-refractivity contribution is 8.15. The van der Waals surface area contributed by atoms with E-state index in [2.05, 4.69) is 85.0 Å². The quantitative estimate of drug-likeness (QED) is 0.0688. The van der Waals surface area contributed by atoms with Crippen molar-refractivity contribution in [2.24, 2.45) is 5.73 Å². The number of nitrogens with zero attached hydrogens (tertiary/aromatic N) is 3. The molecule has 2 aromatic carbocycles. The van der Waals surface area contributed by atoms with Gasteiger partial charge in [-0.2, -0.15) is 0 Å². The average molecular weight is 965 g/mol. The number of pyridine rings is 3. The van der Waals surface area contributed by atoms with E-state index in [1.165, 1.54) is 18.1 Å². The lowest BCUT2D eigenvalue weighted by Crippen LogP contribution is -2.25. The van der Waals surface area contributed by atoms with E-state index in [4.69, 9.17) is 14.6 Å². The number of benzene rings is 2. The van der Waals surface area contributed by atoms with E-state index in [1.807, 2.05) is 91.3 Å². The summed E-state index contributed by atoms with van der Waals surface area (Å²) in [5.74, 6) is 2.25. The number of thioether (sulfide) groups is 2. The number of nitrogens with one attached hydrogen (secondary N) is 2. The van der Waals surface area contributed by atoms with Gasteiger partial charge in [0, 0.05) is 68.0 Å². The Morgan fingerprint density at radius 2 is 1.16 bits per heavy atom. The van der Waals surface area contributed by atoms with Crippen molar-refractivity contribution in [2.45, 2.75) is 109 Å². The number of hydrogen-bond donors (Lipinski definition) is 4. The number of aliphatic hydroxyl groups excluding tert-OH is 1. The van der Waals surface area contributed by atoms with Crippen LogP contribution in [0.15, 0.2) is 103 Å². The van der Waals surface area contributed by atoms with Crippen LogP contribution in [-0.4, -0.2) is 78.6 Å². The third-order valence-electron chi connectivity index (χ3n) is 10.3. The van der Waals surface area contributed by atoms with Crippen LogP contribution < -0.4 is 25.8 Å². The molecule has 16 heteroatoms. The van der Waals surface area contributed by atoms with Crippen molar-refractivity contribution in [3.8, 4) is 11.5 Å².